The molecule has 0 saturated carbocycles. The van der Waals surface area contributed by atoms with Gasteiger partial charge in [0.2, 0.25) is 0 Å². The number of aromatic nitrogens is 1. The molecule has 0 atom stereocenters. The number of aliphatic carboxylic acids is 1. The molecule has 24 heavy (non-hydrogen) atoms. The first-order valence-electron chi connectivity index (χ1n) is 7.69. The Balaban J connectivity index is 2.30. The lowest BCUT2D eigenvalue weighted by Crippen LogP contribution is -2.01. The van der Waals surface area contributed by atoms with Crippen molar-refractivity contribution in [3.63, 3.8) is 0 Å². The monoisotopic (exact) mass is 361 g/mol. The largest absolute Gasteiger partial charge is 0.481 e. The summed E-state index contributed by atoms with van der Waals surface area (Å²) in [7, 11) is 0. The van der Waals surface area contributed by atoms with Crippen molar-refractivity contribution in [2.24, 2.45) is 0 Å². The fourth-order valence-corrected chi connectivity index (χ4v) is 3.28. The second-order valence-corrected chi connectivity index (χ2v) is 6.90. The third-order valence-corrected chi connectivity index (χ3v) is 4.96. The molecule has 0 radical (unpaired) electrons. The zero-order chi connectivity index (χ0) is 17.4. The van der Waals surface area contributed by atoms with E-state index in [1.165, 1.54) is 0 Å². The summed E-state index contributed by atoms with van der Waals surface area (Å²) >= 11 is 12.5. The molecule has 0 spiro atoms. The molecule has 0 bridgehead atoms. The standard InChI is InChI=1S/C19H17Cl2NO2/c1-10(2)11-6-7-16-13(8-11)14(9-17(23)24)19(22-16)12-4-3-5-15(20)18(12)21/h3-8,10,22H,9H2,1-2H3,(H,23,24). The highest BCUT2D eigenvalue weighted by atomic mass is 35.5. The van der Waals surface area contributed by atoms with Crippen LogP contribution in [0.5, 0.6) is 0 Å². The number of halogens is 2. The highest BCUT2D eigenvalue weighted by molar-refractivity contribution is 6.43. The summed E-state index contributed by atoms with van der Waals surface area (Å²) in [4.78, 5) is 14.7. The summed E-state index contributed by atoms with van der Waals surface area (Å²) in [5, 5.41) is 11.1. The van der Waals surface area contributed by atoms with E-state index in [9.17, 15) is 9.90 Å². The smallest absolute Gasteiger partial charge is 0.307 e. The Morgan fingerprint density at radius 1 is 1.21 bits per heavy atom. The van der Waals surface area contributed by atoms with Crippen molar-refractivity contribution < 1.29 is 9.90 Å². The molecule has 124 valence electrons. The van der Waals surface area contributed by atoms with Crippen LogP contribution in [0, 0.1) is 0 Å². The number of carboxylic acids is 1. The molecule has 0 fully saturated rings. The van der Waals surface area contributed by atoms with Crippen molar-refractivity contribution in [1.82, 2.24) is 4.98 Å². The number of hydrogen-bond acceptors (Lipinski definition) is 1. The minimum absolute atomic E-state index is 0.0836. The predicted molar refractivity (Wildman–Crippen MR) is 99.2 cm³/mol. The maximum Gasteiger partial charge on any atom is 0.307 e. The Hall–Kier alpha value is -1.97. The van der Waals surface area contributed by atoms with Crippen LogP contribution in [0.25, 0.3) is 22.2 Å². The second kappa shape index (κ2) is 6.50. The molecular weight excluding hydrogens is 345 g/mol. The number of aromatic amines is 1. The molecule has 2 N–H and O–H groups in total. The van der Waals surface area contributed by atoms with Gasteiger partial charge < -0.3 is 10.1 Å². The Bertz CT molecular complexity index is 929. The second-order valence-electron chi connectivity index (χ2n) is 6.11. The van der Waals surface area contributed by atoms with E-state index >= 15 is 0 Å². The molecule has 0 aliphatic heterocycles. The first-order chi connectivity index (χ1) is 11.4. The van der Waals surface area contributed by atoms with Gasteiger partial charge >= 0.3 is 5.97 Å². The predicted octanol–water partition coefficient (Wildman–Crippen LogP) is 5.89. The van der Waals surface area contributed by atoms with Crippen LogP contribution < -0.4 is 0 Å². The molecule has 1 heterocycles. The van der Waals surface area contributed by atoms with Gasteiger partial charge in [0.15, 0.2) is 0 Å². The van der Waals surface area contributed by atoms with Crippen LogP contribution >= 0.6 is 23.2 Å². The quantitative estimate of drug-likeness (QED) is 0.608. The summed E-state index contributed by atoms with van der Waals surface area (Å²) < 4.78 is 0. The molecule has 0 saturated heterocycles. The molecule has 0 amide bonds. The highest BCUT2D eigenvalue weighted by Crippen LogP contribution is 2.38. The molecule has 2 aromatic carbocycles. The van der Waals surface area contributed by atoms with E-state index < -0.39 is 5.97 Å². The normalized spacial score (nSPS) is 11.4. The average molecular weight is 362 g/mol. The number of carbonyl (C=O) groups is 1. The summed E-state index contributed by atoms with van der Waals surface area (Å²) in [5.74, 6) is -0.523. The molecular formula is C19H17Cl2NO2. The van der Waals surface area contributed by atoms with Gasteiger partial charge in [-0.25, -0.2) is 0 Å². The number of carboxylic acid groups (broad SMARTS) is 1. The van der Waals surface area contributed by atoms with Gasteiger partial charge in [-0.3, -0.25) is 4.79 Å². The van der Waals surface area contributed by atoms with Crippen LogP contribution in [0.2, 0.25) is 10.0 Å². The van der Waals surface area contributed by atoms with Crippen molar-refractivity contribution in [3.8, 4) is 11.3 Å². The van der Waals surface area contributed by atoms with E-state index in [4.69, 9.17) is 23.2 Å². The Morgan fingerprint density at radius 2 is 1.96 bits per heavy atom. The van der Waals surface area contributed by atoms with Gasteiger partial charge in [-0.15, -0.1) is 0 Å². The van der Waals surface area contributed by atoms with E-state index in [2.05, 4.69) is 31.0 Å². The van der Waals surface area contributed by atoms with Crippen LogP contribution in [0.1, 0.15) is 30.9 Å². The van der Waals surface area contributed by atoms with Crippen LogP contribution in [0.3, 0.4) is 0 Å². The lowest BCUT2D eigenvalue weighted by molar-refractivity contribution is -0.136. The number of H-pyrrole nitrogens is 1. The van der Waals surface area contributed by atoms with E-state index in [0.29, 0.717) is 27.2 Å². The fourth-order valence-electron chi connectivity index (χ4n) is 2.89. The summed E-state index contributed by atoms with van der Waals surface area (Å²) in [6.45, 7) is 4.22. The van der Waals surface area contributed by atoms with Crippen LogP contribution in [-0.2, 0) is 11.2 Å². The Labute approximate surface area is 150 Å². The maximum absolute atomic E-state index is 11.4. The highest BCUT2D eigenvalue weighted by Gasteiger charge is 2.19. The van der Waals surface area contributed by atoms with Gasteiger partial charge in [-0.05, 0) is 35.2 Å². The number of benzene rings is 2. The lowest BCUT2D eigenvalue weighted by Gasteiger charge is -2.07. The van der Waals surface area contributed by atoms with E-state index in [1.807, 2.05) is 12.1 Å². The molecule has 0 aliphatic rings. The molecule has 3 aromatic rings. The first kappa shape index (κ1) is 16.9. The third-order valence-electron chi connectivity index (χ3n) is 4.15. The summed E-state index contributed by atoms with van der Waals surface area (Å²) in [5.41, 5.74) is 4.20. The van der Waals surface area contributed by atoms with Crippen LogP contribution in [0.15, 0.2) is 36.4 Å². The number of hydrogen-bond donors (Lipinski definition) is 2. The van der Waals surface area contributed by atoms with Crippen molar-refractivity contribution in [1.29, 1.82) is 0 Å². The molecule has 5 heteroatoms. The third kappa shape index (κ3) is 3.02. The molecule has 3 nitrogen and oxygen atoms in total. The SMILES string of the molecule is CC(C)c1ccc2[nH]c(-c3cccc(Cl)c3Cl)c(CC(=O)O)c2c1. The zero-order valence-electron chi connectivity index (χ0n) is 13.4. The van der Waals surface area contributed by atoms with Gasteiger partial charge in [0.05, 0.1) is 22.2 Å². The minimum Gasteiger partial charge on any atom is -0.481 e. The summed E-state index contributed by atoms with van der Waals surface area (Å²) in [6, 6.07) is 11.4. The van der Waals surface area contributed by atoms with E-state index in [1.54, 1.807) is 12.1 Å². The van der Waals surface area contributed by atoms with Crippen LogP contribution in [-0.4, -0.2) is 16.1 Å². The lowest BCUT2D eigenvalue weighted by atomic mass is 9.98. The van der Waals surface area contributed by atoms with Gasteiger partial charge in [-0.2, -0.15) is 0 Å². The van der Waals surface area contributed by atoms with Crippen LogP contribution in [0.4, 0.5) is 0 Å². The van der Waals surface area contributed by atoms with E-state index in [-0.39, 0.29) is 6.42 Å². The van der Waals surface area contributed by atoms with Crippen molar-refractivity contribution in [2.45, 2.75) is 26.2 Å². The Kier molecular flexibility index (Phi) is 4.57. The maximum atomic E-state index is 11.4. The van der Waals surface area contributed by atoms with Crippen molar-refractivity contribution in [2.75, 3.05) is 0 Å². The topological polar surface area (TPSA) is 53.1 Å². The molecule has 1 aromatic heterocycles. The number of rotatable bonds is 4. The van der Waals surface area contributed by atoms with Crippen molar-refractivity contribution in [3.05, 3.63) is 57.6 Å². The van der Waals surface area contributed by atoms with Crippen molar-refractivity contribution >= 4 is 40.1 Å². The number of nitrogens with one attached hydrogen (secondary N) is 1. The first-order valence-corrected chi connectivity index (χ1v) is 8.44. The molecule has 3 rings (SSSR count). The molecule has 0 unspecified atom stereocenters. The zero-order valence-corrected chi connectivity index (χ0v) is 14.9. The van der Waals surface area contributed by atoms with Gasteiger partial charge in [-0.1, -0.05) is 55.2 Å². The van der Waals surface area contributed by atoms with E-state index in [0.717, 1.165) is 22.0 Å². The Morgan fingerprint density at radius 3 is 2.62 bits per heavy atom. The van der Waals surface area contributed by atoms with Gasteiger partial charge in [0, 0.05) is 16.5 Å². The molecule has 0 aliphatic carbocycles. The average Bonchev–Trinajstić information content (AvgIpc) is 2.87. The summed E-state index contributed by atoms with van der Waals surface area (Å²) in [6.07, 6.45) is -0.0836. The van der Waals surface area contributed by atoms with Gasteiger partial charge in [0.1, 0.15) is 0 Å². The minimum atomic E-state index is -0.884. The number of fused-ring (bicyclic) bond motifs is 1. The van der Waals surface area contributed by atoms with Gasteiger partial charge in [0.25, 0.3) is 0 Å². The fraction of sp³-hybridized carbons (Fsp3) is 0.211.